The van der Waals surface area contributed by atoms with E-state index in [0.717, 1.165) is 11.3 Å². The first-order valence-electron chi connectivity index (χ1n) is 6.17. The summed E-state index contributed by atoms with van der Waals surface area (Å²) in [4.78, 5) is 21.5. The zero-order valence-corrected chi connectivity index (χ0v) is 11.6. The number of nitrogens with zero attached hydrogens (tertiary/aromatic N) is 1. The summed E-state index contributed by atoms with van der Waals surface area (Å²) < 4.78 is 9.86. The number of non-ortho nitro benzene ring substituents is 1. The van der Waals surface area contributed by atoms with E-state index < -0.39 is 10.9 Å². The molecular weight excluding hydrogens is 276 g/mol. The van der Waals surface area contributed by atoms with E-state index in [1.54, 1.807) is 19.1 Å². The summed E-state index contributed by atoms with van der Waals surface area (Å²) in [6.07, 6.45) is 0. The molecule has 110 valence electrons. The molecule has 0 fully saturated rings. The number of ether oxygens (including phenoxy) is 1. The number of aryl methyl sites for hydroxylation is 1. The van der Waals surface area contributed by atoms with Crippen LogP contribution in [0.4, 0.5) is 11.4 Å². The van der Waals surface area contributed by atoms with Gasteiger partial charge in [0.05, 0.1) is 18.6 Å². The Kier molecular flexibility index (Phi) is 4.22. The number of furan rings is 1. The molecule has 0 aliphatic carbocycles. The first-order chi connectivity index (χ1) is 10.0. The number of benzene rings is 1. The first kappa shape index (κ1) is 14.6. The normalized spacial score (nSPS) is 10.2. The van der Waals surface area contributed by atoms with E-state index in [0.29, 0.717) is 12.3 Å². The lowest BCUT2D eigenvalue weighted by atomic mass is 10.2. The van der Waals surface area contributed by atoms with Crippen molar-refractivity contribution in [2.45, 2.75) is 13.5 Å². The maximum Gasteiger partial charge on any atom is 0.373 e. The number of nitro groups is 1. The highest BCUT2D eigenvalue weighted by Gasteiger charge is 2.12. The zero-order valence-electron chi connectivity index (χ0n) is 11.6. The highest BCUT2D eigenvalue weighted by molar-refractivity contribution is 5.86. The van der Waals surface area contributed by atoms with E-state index in [-0.39, 0.29) is 11.4 Å². The molecule has 1 N–H and O–H groups in total. The standard InChI is InChI=1S/C14H14N2O5/c1-9-7-10(16(18)19)3-5-12(9)15-8-11-4-6-13(21-11)14(17)20-2/h3-7,15H,8H2,1-2H3. The Balaban J connectivity index is 2.04. The SMILES string of the molecule is COC(=O)c1ccc(CNc2ccc([N+](=O)[O-])cc2C)o1. The molecule has 0 aliphatic heterocycles. The first-order valence-corrected chi connectivity index (χ1v) is 6.17. The average molecular weight is 290 g/mol. The summed E-state index contributed by atoms with van der Waals surface area (Å²) in [5.74, 6) is 0.163. The van der Waals surface area contributed by atoms with Gasteiger partial charge < -0.3 is 14.5 Å². The highest BCUT2D eigenvalue weighted by atomic mass is 16.6. The monoisotopic (exact) mass is 290 g/mol. The van der Waals surface area contributed by atoms with Gasteiger partial charge in [-0.05, 0) is 30.7 Å². The fourth-order valence-electron chi connectivity index (χ4n) is 1.83. The van der Waals surface area contributed by atoms with E-state index in [1.165, 1.54) is 25.3 Å². The number of carbonyl (C=O) groups excluding carboxylic acids is 1. The Morgan fingerprint density at radius 3 is 2.76 bits per heavy atom. The van der Waals surface area contributed by atoms with Crippen molar-refractivity contribution < 1.29 is 18.9 Å². The Morgan fingerprint density at radius 2 is 2.14 bits per heavy atom. The number of methoxy groups -OCH3 is 1. The average Bonchev–Trinajstić information content (AvgIpc) is 2.93. The topological polar surface area (TPSA) is 94.6 Å². The van der Waals surface area contributed by atoms with Gasteiger partial charge in [0.25, 0.3) is 5.69 Å². The van der Waals surface area contributed by atoms with Gasteiger partial charge in [-0.1, -0.05) is 0 Å². The molecule has 0 amide bonds. The van der Waals surface area contributed by atoms with Crippen LogP contribution in [0.2, 0.25) is 0 Å². The fourth-order valence-corrected chi connectivity index (χ4v) is 1.83. The van der Waals surface area contributed by atoms with Crippen LogP contribution in [0.25, 0.3) is 0 Å². The largest absolute Gasteiger partial charge is 0.463 e. The lowest BCUT2D eigenvalue weighted by Gasteiger charge is -2.07. The van der Waals surface area contributed by atoms with Crippen molar-refractivity contribution in [3.8, 4) is 0 Å². The Morgan fingerprint density at radius 1 is 1.38 bits per heavy atom. The van der Waals surface area contributed by atoms with Crippen LogP contribution in [0.15, 0.2) is 34.7 Å². The minimum Gasteiger partial charge on any atom is -0.463 e. The number of nitro benzene ring substituents is 1. The predicted molar refractivity (Wildman–Crippen MR) is 75.2 cm³/mol. The predicted octanol–water partition coefficient (Wildman–Crippen LogP) is 2.89. The second-order valence-corrected chi connectivity index (χ2v) is 4.37. The van der Waals surface area contributed by atoms with Gasteiger partial charge in [0.1, 0.15) is 5.76 Å². The van der Waals surface area contributed by atoms with Gasteiger partial charge in [-0.2, -0.15) is 0 Å². The van der Waals surface area contributed by atoms with Crippen LogP contribution in [0.5, 0.6) is 0 Å². The van der Waals surface area contributed by atoms with E-state index in [1.807, 2.05) is 0 Å². The molecule has 0 radical (unpaired) electrons. The fraction of sp³-hybridized carbons (Fsp3) is 0.214. The molecule has 2 aromatic rings. The Hall–Kier alpha value is -2.83. The van der Waals surface area contributed by atoms with Gasteiger partial charge in [-0.3, -0.25) is 10.1 Å². The van der Waals surface area contributed by atoms with Gasteiger partial charge in [0.15, 0.2) is 0 Å². The van der Waals surface area contributed by atoms with E-state index in [9.17, 15) is 14.9 Å². The second kappa shape index (κ2) is 6.08. The molecule has 0 bridgehead atoms. The van der Waals surface area contributed by atoms with Crippen molar-refractivity contribution in [2.24, 2.45) is 0 Å². The van der Waals surface area contributed by atoms with Gasteiger partial charge in [0, 0.05) is 17.8 Å². The Labute approximate surface area is 120 Å². The molecule has 0 spiro atoms. The van der Waals surface area contributed by atoms with Crippen molar-refractivity contribution in [2.75, 3.05) is 12.4 Å². The van der Waals surface area contributed by atoms with E-state index >= 15 is 0 Å². The highest BCUT2D eigenvalue weighted by Crippen LogP contribution is 2.22. The maximum atomic E-state index is 11.3. The molecule has 0 aliphatic rings. The van der Waals surface area contributed by atoms with Gasteiger partial charge in [-0.25, -0.2) is 4.79 Å². The van der Waals surface area contributed by atoms with Crippen LogP contribution < -0.4 is 5.32 Å². The number of esters is 1. The quantitative estimate of drug-likeness (QED) is 0.517. The molecule has 0 saturated heterocycles. The molecule has 0 saturated carbocycles. The molecule has 1 aromatic carbocycles. The summed E-state index contributed by atoms with van der Waals surface area (Å²) in [6.45, 7) is 2.13. The zero-order chi connectivity index (χ0) is 15.4. The molecule has 7 heteroatoms. The summed E-state index contributed by atoms with van der Waals surface area (Å²) in [5.41, 5.74) is 1.56. The smallest absolute Gasteiger partial charge is 0.373 e. The van der Waals surface area contributed by atoms with Crippen LogP contribution in [-0.4, -0.2) is 18.0 Å². The van der Waals surface area contributed by atoms with Crippen LogP contribution in [0.3, 0.4) is 0 Å². The number of carbonyl (C=O) groups is 1. The lowest BCUT2D eigenvalue weighted by Crippen LogP contribution is -2.01. The summed E-state index contributed by atoms with van der Waals surface area (Å²) in [5, 5.41) is 13.8. The molecule has 2 rings (SSSR count). The number of hydrogen-bond donors (Lipinski definition) is 1. The maximum absolute atomic E-state index is 11.3. The minimum absolute atomic E-state index is 0.0454. The number of rotatable bonds is 5. The van der Waals surface area contributed by atoms with Gasteiger partial charge in [-0.15, -0.1) is 0 Å². The molecular formula is C14H14N2O5. The number of hydrogen-bond acceptors (Lipinski definition) is 6. The molecule has 0 unspecified atom stereocenters. The number of anilines is 1. The summed E-state index contributed by atoms with van der Waals surface area (Å²) in [6, 6.07) is 7.75. The van der Waals surface area contributed by atoms with Crippen LogP contribution in [0.1, 0.15) is 21.9 Å². The van der Waals surface area contributed by atoms with Crippen LogP contribution in [-0.2, 0) is 11.3 Å². The summed E-state index contributed by atoms with van der Waals surface area (Å²) in [7, 11) is 1.28. The molecule has 1 heterocycles. The van der Waals surface area contributed by atoms with Crippen molar-refractivity contribution in [3.05, 3.63) is 57.5 Å². The van der Waals surface area contributed by atoms with Crippen LogP contribution in [0, 0.1) is 17.0 Å². The van der Waals surface area contributed by atoms with Crippen molar-refractivity contribution in [1.82, 2.24) is 0 Å². The van der Waals surface area contributed by atoms with Gasteiger partial charge in [0.2, 0.25) is 5.76 Å². The molecule has 21 heavy (non-hydrogen) atoms. The molecule has 7 nitrogen and oxygen atoms in total. The van der Waals surface area contributed by atoms with E-state index in [2.05, 4.69) is 10.1 Å². The third kappa shape index (κ3) is 3.38. The lowest BCUT2D eigenvalue weighted by molar-refractivity contribution is -0.384. The van der Waals surface area contributed by atoms with Crippen molar-refractivity contribution in [3.63, 3.8) is 0 Å². The molecule has 0 atom stereocenters. The third-order valence-electron chi connectivity index (χ3n) is 2.92. The van der Waals surface area contributed by atoms with Crippen LogP contribution >= 0.6 is 0 Å². The van der Waals surface area contributed by atoms with Gasteiger partial charge >= 0.3 is 5.97 Å². The molecule has 1 aromatic heterocycles. The second-order valence-electron chi connectivity index (χ2n) is 4.37. The van der Waals surface area contributed by atoms with Crippen molar-refractivity contribution >= 4 is 17.3 Å². The summed E-state index contributed by atoms with van der Waals surface area (Å²) >= 11 is 0. The van der Waals surface area contributed by atoms with E-state index in [4.69, 9.17) is 4.42 Å². The minimum atomic E-state index is -0.534. The third-order valence-corrected chi connectivity index (χ3v) is 2.92. The Bertz CT molecular complexity index is 678. The number of nitrogens with one attached hydrogen (secondary N) is 1. The van der Waals surface area contributed by atoms with Crippen molar-refractivity contribution in [1.29, 1.82) is 0 Å².